The molecular formula is C19H20F4N2O4S2. The van der Waals surface area contributed by atoms with Gasteiger partial charge in [-0.1, -0.05) is 18.6 Å². The molecule has 0 saturated carbocycles. The van der Waals surface area contributed by atoms with Crippen LogP contribution >= 0.6 is 0 Å². The van der Waals surface area contributed by atoms with Gasteiger partial charge in [-0.25, -0.2) is 25.9 Å². The van der Waals surface area contributed by atoms with Crippen LogP contribution in [0, 0.1) is 5.82 Å². The van der Waals surface area contributed by atoms with Crippen LogP contribution in [0.4, 0.5) is 17.6 Å². The van der Waals surface area contributed by atoms with Crippen LogP contribution in [0.5, 0.6) is 0 Å². The fourth-order valence-corrected chi connectivity index (χ4v) is 5.74. The highest BCUT2D eigenvalue weighted by molar-refractivity contribution is 7.89. The van der Waals surface area contributed by atoms with E-state index in [0.29, 0.717) is 24.7 Å². The lowest BCUT2D eigenvalue weighted by atomic mass is 10.2. The molecule has 1 fully saturated rings. The summed E-state index contributed by atoms with van der Waals surface area (Å²) in [5.74, 6) is -1.57. The average molecular weight is 481 g/mol. The number of sulfonamides is 2. The predicted molar refractivity (Wildman–Crippen MR) is 104 cm³/mol. The predicted octanol–water partition coefficient (Wildman–Crippen LogP) is 3.50. The van der Waals surface area contributed by atoms with Gasteiger partial charge in [-0.2, -0.15) is 17.5 Å². The van der Waals surface area contributed by atoms with Crippen molar-refractivity contribution >= 4 is 20.0 Å². The third kappa shape index (κ3) is 5.43. The van der Waals surface area contributed by atoms with E-state index in [0.717, 1.165) is 25.3 Å². The quantitative estimate of drug-likeness (QED) is 0.642. The van der Waals surface area contributed by atoms with Gasteiger partial charge in [0.25, 0.3) is 0 Å². The van der Waals surface area contributed by atoms with E-state index in [1.54, 1.807) is 0 Å². The Hall–Kier alpha value is -2.02. The summed E-state index contributed by atoms with van der Waals surface area (Å²) in [4.78, 5) is -0.653. The Morgan fingerprint density at radius 1 is 0.871 bits per heavy atom. The summed E-state index contributed by atoms with van der Waals surface area (Å²) in [5.41, 5.74) is -1.28. The van der Waals surface area contributed by atoms with Gasteiger partial charge in [-0.3, -0.25) is 0 Å². The molecule has 0 aliphatic carbocycles. The molecule has 0 unspecified atom stereocenters. The van der Waals surface area contributed by atoms with Crippen molar-refractivity contribution in [3.63, 3.8) is 0 Å². The highest BCUT2D eigenvalue weighted by atomic mass is 32.2. The Morgan fingerprint density at radius 2 is 1.45 bits per heavy atom. The first-order chi connectivity index (χ1) is 14.4. The Morgan fingerprint density at radius 3 is 2.03 bits per heavy atom. The first-order valence-corrected chi connectivity index (χ1v) is 12.3. The van der Waals surface area contributed by atoms with Crippen LogP contribution in [0.1, 0.15) is 30.4 Å². The number of hydrogen-bond acceptors (Lipinski definition) is 4. The third-order valence-electron chi connectivity index (χ3n) is 4.90. The average Bonchev–Trinajstić information content (AvgIpc) is 2.72. The number of rotatable bonds is 6. The van der Waals surface area contributed by atoms with Crippen LogP contribution in [0.2, 0.25) is 0 Å². The van der Waals surface area contributed by atoms with Crippen molar-refractivity contribution in [3.8, 4) is 0 Å². The molecule has 170 valence electrons. The second-order valence-corrected chi connectivity index (χ2v) is 10.8. The van der Waals surface area contributed by atoms with Crippen LogP contribution in [0.25, 0.3) is 0 Å². The normalized spacial score (nSPS) is 16.4. The standard InChI is InChI=1S/C19H20F4N2O4S2/c20-18-9-8-16(12-17(18)19(21,22)23)30(26,27)24-13-14-4-6-15(7-5-14)31(28,29)25-10-2-1-3-11-25/h4-9,12,24H,1-3,10-11,13H2. The van der Waals surface area contributed by atoms with Crippen molar-refractivity contribution in [2.45, 2.75) is 41.8 Å². The minimum atomic E-state index is -5.04. The highest BCUT2D eigenvalue weighted by Gasteiger charge is 2.35. The summed E-state index contributed by atoms with van der Waals surface area (Å²) in [6.07, 6.45) is -2.48. The van der Waals surface area contributed by atoms with Crippen LogP contribution < -0.4 is 4.72 Å². The number of alkyl halides is 3. The van der Waals surface area contributed by atoms with E-state index in [4.69, 9.17) is 0 Å². The van der Waals surface area contributed by atoms with Crippen molar-refractivity contribution < 1.29 is 34.4 Å². The van der Waals surface area contributed by atoms with Gasteiger partial charge in [0.2, 0.25) is 20.0 Å². The summed E-state index contributed by atoms with van der Waals surface area (Å²) < 4.78 is 105. The summed E-state index contributed by atoms with van der Waals surface area (Å²) in [6.45, 7) is 0.605. The molecule has 0 atom stereocenters. The maximum Gasteiger partial charge on any atom is 0.419 e. The molecule has 3 rings (SSSR count). The Balaban J connectivity index is 1.73. The Bertz CT molecular complexity index is 1140. The lowest BCUT2D eigenvalue weighted by molar-refractivity contribution is -0.140. The van der Waals surface area contributed by atoms with Crippen LogP contribution in [0.3, 0.4) is 0 Å². The molecule has 1 heterocycles. The maximum absolute atomic E-state index is 13.4. The van der Waals surface area contributed by atoms with E-state index < -0.39 is 42.5 Å². The van der Waals surface area contributed by atoms with Gasteiger partial charge >= 0.3 is 6.18 Å². The second-order valence-electron chi connectivity index (χ2n) is 7.07. The van der Waals surface area contributed by atoms with E-state index in [-0.39, 0.29) is 17.5 Å². The van der Waals surface area contributed by atoms with E-state index in [2.05, 4.69) is 4.72 Å². The topological polar surface area (TPSA) is 83.5 Å². The molecule has 2 aromatic rings. The van der Waals surface area contributed by atoms with Crippen molar-refractivity contribution in [2.75, 3.05) is 13.1 Å². The number of benzene rings is 2. The summed E-state index contributed by atoms with van der Waals surface area (Å²) in [5, 5.41) is 0. The van der Waals surface area contributed by atoms with E-state index in [1.165, 1.54) is 28.6 Å². The molecule has 6 nitrogen and oxygen atoms in total. The first kappa shape index (κ1) is 23.6. The molecule has 31 heavy (non-hydrogen) atoms. The molecule has 1 saturated heterocycles. The maximum atomic E-state index is 13.4. The Labute approximate surface area is 178 Å². The molecule has 12 heteroatoms. The van der Waals surface area contributed by atoms with Gasteiger partial charge in [0.05, 0.1) is 15.4 Å². The molecule has 1 aliphatic rings. The van der Waals surface area contributed by atoms with Gasteiger partial charge in [0.1, 0.15) is 5.82 Å². The van der Waals surface area contributed by atoms with Crippen LogP contribution in [-0.2, 0) is 32.8 Å². The minimum Gasteiger partial charge on any atom is -0.207 e. The fourth-order valence-electron chi connectivity index (χ4n) is 3.18. The lowest BCUT2D eigenvalue weighted by Crippen LogP contribution is -2.35. The zero-order chi connectivity index (χ0) is 22.9. The number of hydrogen-bond donors (Lipinski definition) is 1. The zero-order valence-corrected chi connectivity index (χ0v) is 17.8. The largest absolute Gasteiger partial charge is 0.419 e. The molecule has 0 bridgehead atoms. The van der Waals surface area contributed by atoms with Gasteiger partial charge in [0, 0.05) is 19.6 Å². The third-order valence-corrected chi connectivity index (χ3v) is 8.21. The molecule has 0 spiro atoms. The van der Waals surface area contributed by atoms with Crippen molar-refractivity contribution in [1.29, 1.82) is 0 Å². The van der Waals surface area contributed by atoms with E-state index in [1.807, 2.05) is 0 Å². The van der Waals surface area contributed by atoms with Crippen LogP contribution in [-0.4, -0.2) is 34.2 Å². The molecule has 2 aromatic carbocycles. The summed E-state index contributed by atoms with van der Waals surface area (Å²) >= 11 is 0. The van der Waals surface area contributed by atoms with Crippen LogP contribution in [0.15, 0.2) is 52.3 Å². The molecular weight excluding hydrogens is 460 g/mol. The van der Waals surface area contributed by atoms with Gasteiger partial charge in [-0.05, 0) is 48.7 Å². The summed E-state index contributed by atoms with van der Waals surface area (Å²) in [7, 11) is -7.99. The van der Waals surface area contributed by atoms with Gasteiger partial charge in [-0.15, -0.1) is 0 Å². The highest BCUT2D eigenvalue weighted by Crippen LogP contribution is 2.32. The fraction of sp³-hybridized carbons (Fsp3) is 0.368. The smallest absolute Gasteiger partial charge is 0.207 e. The van der Waals surface area contributed by atoms with Gasteiger partial charge in [0.15, 0.2) is 0 Å². The first-order valence-electron chi connectivity index (χ1n) is 9.37. The van der Waals surface area contributed by atoms with E-state index >= 15 is 0 Å². The molecule has 0 radical (unpaired) electrons. The number of nitrogens with zero attached hydrogens (tertiary/aromatic N) is 1. The molecule has 1 N–H and O–H groups in total. The van der Waals surface area contributed by atoms with Crippen molar-refractivity contribution in [3.05, 3.63) is 59.4 Å². The summed E-state index contributed by atoms with van der Waals surface area (Å²) in [6, 6.07) is 6.96. The minimum absolute atomic E-state index is 0.0781. The van der Waals surface area contributed by atoms with E-state index in [9.17, 15) is 34.4 Å². The van der Waals surface area contributed by atoms with Crippen molar-refractivity contribution in [2.24, 2.45) is 0 Å². The number of nitrogens with one attached hydrogen (secondary N) is 1. The Kier molecular flexibility index (Phi) is 6.75. The molecule has 0 amide bonds. The molecule has 1 aliphatic heterocycles. The monoisotopic (exact) mass is 480 g/mol. The molecule has 0 aromatic heterocycles. The number of halogens is 4. The second kappa shape index (κ2) is 8.85. The SMILES string of the molecule is O=S(=O)(NCc1ccc(S(=O)(=O)N2CCCCC2)cc1)c1ccc(F)c(C(F)(F)F)c1. The number of piperidine rings is 1. The van der Waals surface area contributed by atoms with Gasteiger partial charge < -0.3 is 0 Å². The zero-order valence-electron chi connectivity index (χ0n) is 16.2. The lowest BCUT2D eigenvalue weighted by Gasteiger charge is -2.25. The van der Waals surface area contributed by atoms with Crippen molar-refractivity contribution in [1.82, 2.24) is 9.03 Å².